The molecule has 2 amide bonds. The maximum atomic E-state index is 12.6. The summed E-state index contributed by atoms with van der Waals surface area (Å²) in [5, 5.41) is 2.97. The van der Waals surface area contributed by atoms with Crippen LogP contribution < -0.4 is 5.32 Å². The minimum absolute atomic E-state index is 0.0392. The van der Waals surface area contributed by atoms with Crippen LogP contribution in [0.5, 0.6) is 0 Å². The molecule has 0 saturated carbocycles. The first kappa shape index (κ1) is 19.4. The van der Waals surface area contributed by atoms with Crippen molar-refractivity contribution < 1.29 is 19.1 Å². The van der Waals surface area contributed by atoms with Crippen molar-refractivity contribution in [1.82, 2.24) is 10.2 Å². The van der Waals surface area contributed by atoms with E-state index in [4.69, 9.17) is 4.74 Å². The highest BCUT2D eigenvalue weighted by Crippen LogP contribution is 2.23. The number of hydrogen-bond acceptors (Lipinski definition) is 4. The number of piperidine rings is 1. The smallest absolute Gasteiger partial charge is 0.307 e. The van der Waals surface area contributed by atoms with Crippen molar-refractivity contribution in [1.29, 1.82) is 0 Å². The highest BCUT2D eigenvalue weighted by atomic mass is 79.9. The van der Waals surface area contributed by atoms with E-state index in [1.165, 1.54) is 7.11 Å². The minimum Gasteiger partial charge on any atom is -0.469 e. The Hall–Kier alpha value is -1.89. The number of carbonyl (C=O) groups is 3. The van der Waals surface area contributed by atoms with Gasteiger partial charge < -0.3 is 15.0 Å². The molecule has 1 heterocycles. The molecule has 1 aromatic rings. The Morgan fingerprint density at radius 3 is 2.36 bits per heavy atom. The van der Waals surface area contributed by atoms with E-state index in [0.29, 0.717) is 25.9 Å². The summed E-state index contributed by atoms with van der Waals surface area (Å²) in [5.41, 5.74) is 0.850. The number of nitrogens with one attached hydrogen (secondary N) is 1. The van der Waals surface area contributed by atoms with E-state index >= 15 is 0 Å². The Balaban J connectivity index is 2.03. The topological polar surface area (TPSA) is 75.7 Å². The lowest BCUT2D eigenvalue weighted by molar-refractivity contribution is -0.141. The lowest BCUT2D eigenvalue weighted by Gasteiger charge is -2.31. The van der Waals surface area contributed by atoms with Gasteiger partial charge in [0, 0.05) is 30.4 Å². The predicted molar refractivity (Wildman–Crippen MR) is 96.6 cm³/mol. The molecule has 1 fully saturated rings. The molecule has 136 valence electrons. The molecule has 1 aromatic carbocycles. The zero-order valence-corrected chi connectivity index (χ0v) is 16.0. The molecule has 1 saturated heterocycles. The third-order valence-corrected chi connectivity index (χ3v) is 5.03. The van der Waals surface area contributed by atoms with E-state index in [0.717, 1.165) is 10.0 Å². The summed E-state index contributed by atoms with van der Waals surface area (Å²) in [6.07, 6.45) is 1.35. The summed E-state index contributed by atoms with van der Waals surface area (Å²) in [6.45, 7) is 2.72. The fourth-order valence-corrected chi connectivity index (χ4v) is 3.21. The number of carbonyl (C=O) groups excluding carboxylic acids is 3. The van der Waals surface area contributed by atoms with Crippen LogP contribution in [0.3, 0.4) is 0 Å². The molecular formula is C18H23BrN2O4. The molecule has 7 heteroatoms. The lowest BCUT2D eigenvalue weighted by Crippen LogP contribution is -2.43. The number of esters is 1. The van der Waals surface area contributed by atoms with Crippen LogP contribution in [0.25, 0.3) is 0 Å². The Morgan fingerprint density at radius 1 is 1.24 bits per heavy atom. The van der Waals surface area contributed by atoms with E-state index in [-0.39, 0.29) is 30.1 Å². The van der Waals surface area contributed by atoms with Gasteiger partial charge in [0.05, 0.1) is 19.6 Å². The van der Waals surface area contributed by atoms with E-state index in [1.807, 2.05) is 24.3 Å². The van der Waals surface area contributed by atoms with Crippen LogP contribution in [0.1, 0.15) is 37.8 Å². The Bertz CT molecular complexity index is 624. The number of halogens is 1. The SMILES string of the molecule is COC(=O)CC(NC(=O)C1CCN(C(C)=O)CC1)c1ccc(Br)cc1. The number of methoxy groups -OCH3 is 1. The third-order valence-electron chi connectivity index (χ3n) is 4.50. The Labute approximate surface area is 156 Å². The molecule has 0 spiro atoms. The first-order valence-corrected chi connectivity index (χ1v) is 9.08. The number of rotatable bonds is 5. The molecule has 0 aromatic heterocycles. The summed E-state index contributed by atoms with van der Waals surface area (Å²) < 4.78 is 5.68. The summed E-state index contributed by atoms with van der Waals surface area (Å²) in [4.78, 5) is 37.5. The van der Waals surface area contributed by atoms with Crippen molar-refractivity contribution in [2.24, 2.45) is 5.92 Å². The van der Waals surface area contributed by atoms with Gasteiger partial charge in [0.1, 0.15) is 0 Å². The molecule has 0 radical (unpaired) electrons. The molecule has 1 N–H and O–H groups in total. The van der Waals surface area contributed by atoms with Crippen LogP contribution in [0.4, 0.5) is 0 Å². The Kier molecular flexibility index (Phi) is 6.99. The summed E-state index contributed by atoms with van der Waals surface area (Å²) in [5.74, 6) is -0.567. The highest BCUT2D eigenvalue weighted by Gasteiger charge is 2.28. The van der Waals surface area contributed by atoms with Gasteiger partial charge in [-0.05, 0) is 30.5 Å². The van der Waals surface area contributed by atoms with Gasteiger partial charge in [-0.1, -0.05) is 28.1 Å². The zero-order valence-electron chi connectivity index (χ0n) is 14.5. The second-order valence-corrected chi connectivity index (χ2v) is 7.09. The average Bonchev–Trinajstić information content (AvgIpc) is 2.61. The molecule has 1 atom stereocenters. The molecule has 25 heavy (non-hydrogen) atoms. The quantitative estimate of drug-likeness (QED) is 0.756. The zero-order chi connectivity index (χ0) is 18.4. The molecule has 2 rings (SSSR count). The molecule has 6 nitrogen and oxygen atoms in total. The first-order valence-electron chi connectivity index (χ1n) is 8.29. The molecule has 1 aliphatic rings. The summed E-state index contributed by atoms with van der Waals surface area (Å²) >= 11 is 3.38. The number of benzene rings is 1. The number of likely N-dealkylation sites (tertiary alicyclic amines) is 1. The fraction of sp³-hybridized carbons (Fsp3) is 0.500. The summed E-state index contributed by atoms with van der Waals surface area (Å²) in [6, 6.07) is 7.06. The normalized spacial score (nSPS) is 16.2. The number of amides is 2. The Morgan fingerprint density at radius 2 is 1.84 bits per heavy atom. The van der Waals surface area contributed by atoms with Crippen LogP contribution in [0.2, 0.25) is 0 Å². The number of hydrogen-bond donors (Lipinski definition) is 1. The predicted octanol–water partition coefficient (Wildman–Crippen LogP) is 2.43. The molecule has 1 unspecified atom stereocenters. The van der Waals surface area contributed by atoms with Crippen LogP contribution in [0, 0.1) is 5.92 Å². The molecule has 0 bridgehead atoms. The van der Waals surface area contributed by atoms with Gasteiger partial charge in [0.2, 0.25) is 11.8 Å². The van der Waals surface area contributed by atoms with Crippen molar-refractivity contribution >= 4 is 33.7 Å². The van der Waals surface area contributed by atoms with Gasteiger partial charge in [0.25, 0.3) is 0 Å². The maximum Gasteiger partial charge on any atom is 0.307 e. The van der Waals surface area contributed by atoms with Crippen LogP contribution in [-0.4, -0.2) is 42.9 Å². The van der Waals surface area contributed by atoms with E-state index < -0.39 is 6.04 Å². The van der Waals surface area contributed by atoms with E-state index in [2.05, 4.69) is 21.2 Å². The number of nitrogens with zero attached hydrogens (tertiary/aromatic N) is 1. The average molecular weight is 411 g/mol. The van der Waals surface area contributed by atoms with Crippen LogP contribution in [-0.2, 0) is 19.1 Å². The van der Waals surface area contributed by atoms with Gasteiger partial charge in [-0.25, -0.2) is 0 Å². The standard InChI is InChI=1S/C18H23BrN2O4/c1-12(22)21-9-7-14(8-10-21)18(24)20-16(11-17(23)25-2)13-3-5-15(19)6-4-13/h3-6,14,16H,7-11H2,1-2H3,(H,20,24). The molecule has 0 aliphatic carbocycles. The number of ether oxygens (including phenoxy) is 1. The van der Waals surface area contributed by atoms with Crippen molar-refractivity contribution in [2.45, 2.75) is 32.2 Å². The maximum absolute atomic E-state index is 12.6. The summed E-state index contributed by atoms with van der Waals surface area (Å²) in [7, 11) is 1.33. The fourth-order valence-electron chi connectivity index (χ4n) is 2.94. The van der Waals surface area contributed by atoms with E-state index in [1.54, 1.807) is 11.8 Å². The van der Waals surface area contributed by atoms with Crippen molar-refractivity contribution in [2.75, 3.05) is 20.2 Å². The molecule has 1 aliphatic heterocycles. The first-order chi connectivity index (χ1) is 11.9. The van der Waals surface area contributed by atoms with Gasteiger partial charge >= 0.3 is 5.97 Å². The van der Waals surface area contributed by atoms with Gasteiger partial charge in [-0.3, -0.25) is 14.4 Å². The van der Waals surface area contributed by atoms with Crippen molar-refractivity contribution in [3.8, 4) is 0 Å². The second-order valence-electron chi connectivity index (χ2n) is 6.17. The van der Waals surface area contributed by atoms with Gasteiger partial charge in [0.15, 0.2) is 0 Å². The largest absolute Gasteiger partial charge is 0.469 e. The lowest BCUT2D eigenvalue weighted by atomic mass is 9.94. The second kappa shape index (κ2) is 8.99. The monoisotopic (exact) mass is 410 g/mol. The minimum atomic E-state index is -0.432. The third kappa shape index (κ3) is 5.56. The van der Waals surface area contributed by atoms with Gasteiger partial charge in [-0.15, -0.1) is 0 Å². The van der Waals surface area contributed by atoms with Crippen molar-refractivity contribution in [3.05, 3.63) is 34.3 Å². The van der Waals surface area contributed by atoms with Crippen molar-refractivity contribution in [3.63, 3.8) is 0 Å². The van der Waals surface area contributed by atoms with E-state index in [9.17, 15) is 14.4 Å². The van der Waals surface area contributed by atoms with Crippen LogP contribution in [0.15, 0.2) is 28.7 Å². The van der Waals surface area contributed by atoms with Gasteiger partial charge in [-0.2, -0.15) is 0 Å². The highest BCUT2D eigenvalue weighted by molar-refractivity contribution is 9.10. The molecular weight excluding hydrogens is 388 g/mol. The van der Waals surface area contributed by atoms with Crippen LogP contribution >= 0.6 is 15.9 Å².